The van der Waals surface area contributed by atoms with Gasteiger partial charge < -0.3 is 20.7 Å². The first-order valence-corrected chi connectivity index (χ1v) is 10.6. The summed E-state index contributed by atoms with van der Waals surface area (Å²) in [5.74, 6) is 0.205. The van der Waals surface area contributed by atoms with Gasteiger partial charge in [-0.25, -0.2) is 14.2 Å². The highest BCUT2D eigenvalue weighted by Gasteiger charge is 2.28. The Bertz CT molecular complexity index is 906. The molecule has 3 rings (SSSR count). The Labute approximate surface area is 181 Å². The van der Waals surface area contributed by atoms with Crippen LogP contribution >= 0.6 is 0 Å². The molecular formula is C23H29FN4O3. The molecule has 3 amide bonds. The Morgan fingerprint density at radius 2 is 2.06 bits per heavy atom. The normalized spacial score (nSPS) is 18.3. The van der Waals surface area contributed by atoms with Crippen LogP contribution in [-0.2, 0) is 11.3 Å². The number of pyridine rings is 1. The molecule has 0 aliphatic heterocycles. The van der Waals surface area contributed by atoms with Crippen LogP contribution in [0.25, 0.3) is 0 Å². The molecule has 3 N–H and O–H groups in total. The smallest absolute Gasteiger partial charge is 0.315 e. The maximum absolute atomic E-state index is 13.4. The van der Waals surface area contributed by atoms with Crippen molar-refractivity contribution in [3.8, 4) is 11.6 Å². The molecule has 31 heavy (non-hydrogen) atoms. The molecule has 0 radical (unpaired) electrons. The van der Waals surface area contributed by atoms with E-state index >= 15 is 0 Å². The minimum atomic E-state index is -0.402. The van der Waals surface area contributed by atoms with Crippen molar-refractivity contribution in [1.29, 1.82) is 0 Å². The molecule has 0 spiro atoms. The molecule has 2 unspecified atom stereocenters. The zero-order valence-electron chi connectivity index (χ0n) is 17.9. The molecule has 1 fully saturated rings. The second kappa shape index (κ2) is 10.7. The maximum atomic E-state index is 13.4. The van der Waals surface area contributed by atoms with Crippen molar-refractivity contribution in [2.24, 2.45) is 5.92 Å². The molecule has 2 atom stereocenters. The molecule has 7 nitrogen and oxygen atoms in total. The number of nitrogens with one attached hydrogen (secondary N) is 3. The number of hydrogen-bond acceptors (Lipinski definition) is 4. The van der Waals surface area contributed by atoms with Gasteiger partial charge in [-0.15, -0.1) is 0 Å². The van der Waals surface area contributed by atoms with Gasteiger partial charge >= 0.3 is 6.03 Å². The minimum Gasteiger partial charge on any atom is -0.439 e. The van der Waals surface area contributed by atoms with Gasteiger partial charge in [0.25, 0.3) is 0 Å². The lowest BCUT2D eigenvalue weighted by molar-refractivity contribution is -0.126. The van der Waals surface area contributed by atoms with Gasteiger partial charge in [0.2, 0.25) is 11.8 Å². The van der Waals surface area contributed by atoms with Crippen LogP contribution in [0.2, 0.25) is 0 Å². The van der Waals surface area contributed by atoms with Crippen molar-refractivity contribution >= 4 is 11.9 Å². The molecule has 2 aromatic rings. The third-order valence-electron chi connectivity index (χ3n) is 5.11. The van der Waals surface area contributed by atoms with E-state index in [0.717, 1.165) is 19.3 Å². The predicted molar refractivity (Wildman–Crippen MR) is 115 cm³/mol. The molecule has 1 heterocycles. The Hall–Kier alpha value is -3.16. The quantitative estimate of drug-likeness (QED) is 0.624. The fourth-order valence-corrected chi connectivity index (χ4v) is 3.67. The molecule has 166 valence electrons. The van der Waals surface area contributed by atoms with Crippen LogP contribution in [0.15, 0.2) is 42.6 Å². The zero-order chi connectivity index (χ0) is 22.2. The lowest BCUT2D eigenvalue weighted by atomic mass is 9.85. The summed E-state index contributed by atoms with van der Waals surface area (Å²) in [7, 11) is 0. The number of carbonyl (C=O) groups excluding carboxylic acids is 2. The van der Waals surface area contributed by atoms with Gasteiger partial charge in [0.15, 0.2) is 0 Å². The molecule has 1 saturated carbocycles. The molecule has 0 bridgehead atoms. The van der Waals surface area contributed by atoms with E-state index < -0.39 is 5.82 Å². The maximum Gasteiger partial charge on any atom is 0.315 e. The van der Waals surface area contributed by atoms with E-state index in [1.54, 1.807) is 30.5 Å². The van der Waals surface area contributed by atoms with E-state index in [9.17, 15) is 14.0 Å². The van der Waals surface area contributed by atoms with Gasteiger partial charge in [-0.3, -0.25) is 4.79 Å². The third kappa shape index (κ3) is 6.94. The highest BCUT2D eigenvalue weighted by Crippen LogP contribution is 2.25. The highest BCUT2D eigenvalue weighted by molar-refractivity contribution is 5.79. The first-order chi connectivity index (χ1) is 14.9. The van der Waals surface area contributed by atoms with Crippen LogP contribution in [0.3, 0.4) is 0 Å². The third-order valence-corrected chi connectivity index (χ3v) is 5.11. The highest BCUT2D eigenvalue weighted by atomic mass is 19.1. The lowest BCUT2D eigenvalue weighted by Gasteiger charge is -2.29. The monoisotopic (exact) mass is 428 g/mol. The molecular weight excluding hydrogens is 399 g/mol. The standard InChI is InChI=1S/C23H29FN4O3/c1-15(2)27-21(29)16-6-3-9-19(12-16)28-23(30)26-14-17-7-5-11-25-22(17)31-20-10-4-8-18(24)13-20/h4-5,7-8,10-11,13,15-16,19H,3,6,9,12,14H2,1-2H3,(H,27,29)(H2,26,28,30). The van der Waals surface area contributed by atoms with Crippen LogP contribution in [0, 0.1) is 11.7 Å². The molecule has 1 aromatic heterocycles. The van der Waals surface area contributed by atoms with E-state index in [4.69, 9.17) is 4.74 Å². The molecule has 1 aliphatic carbocycles. The topological polar surface area (TPSA) is 92.4 Å². The van der Waals surface area contributed by atoms with E-state index in [0.29, 0.717) is 23.6 Å². The number of carbonyl (C=O) groups is 2. The van der Waals surface area contributed by atoms with Crippen molar-refractivity contribution < 1.29 is 18.7 Å². The summed E-state index contributed by atoms with van der Waals surface area (Å²) in [6.07, 6.45) is 4.79. The van der Waals surface area contributed by atoms with Crippen LogP contribution < -0.4 is 20.7 Å². The van der Waals surface area contributed by atoms with E-state index in [2.05, 4.69) is 20.9 Å². The van der Waals surface area contributed by atoms with E-state index in [1.807, 2.05) is 13.8 Å². The summed E-state index contributed by atoms with van der Waals surface area (Å²) >= 11 is 0. The molecule has 1 aromatic carbocycles. The number of urea groups is 1. The summed E-state index contributed by atoms with van der Waals surface area (Å²) in [5, 5.41) is 8.73. The van der Waals surface area contributed by atoms with Gasteiger partial charge in [0.05, 0.1) is 0 Å². The number of hydrogen-bond donors (Lipinski definition) is 3. The predicted octanol–water partition coefficient (Wildman–Crippen LogP) is 3.90. The van der Waals surface area contributed by atoms with Crippen LogP contribution in [0.5, 0.6) is 11.6 Å². The summed E-state index contributed by atoms with van der Waals surface area (Å²) in [6, 6.07) is 9.07. The van der Waals surface area contributed by atoms with Crippen LogP contribution in [-0.4, -0.2) is 29.0 Å². The summed E-state index contributed by atoms with van der Waals surface area (Å²) in [4.78, 5) is 28.9. The Morgan fingerprint density at radius 1 is 1.23 bits per heavy atom. The van der Waals surface area contributed by atoms with E-state index in [-0.39, 0.29) is 36.5 Å². The van der Waals surface area contributed by atoms with E-state index in [1.165, 1.54) is 12.1 Å². The largest absolute Gasteiger partial charge is 0.439 e. The summed E-state index contributed by atoms with van der Waals surface area (Å²) in [6.45, 7) is 4.08. The Morgan fingerprint density at radius 3 is 2.84 bits per heavy atom. The molecule has 0 saturated heterocycles. The number of halogens is 1. The van der Waals surface area contributed by atoms with Crippen LogP contribution in [0.1, 0.15) is 45.1 Å². The summed E-state index contributed by atoms with van der Waals surface area (Å²) in [5.41, 5.74) is 0.666. The molecule has 1 aliphatic rings. The summed E-state index contributed by atoms with van der Waals surface area (Å²) < 4.78 is 19.1. The fraction of sp³-hybridized carbons (Fsp3) is 0.435. The first-order valence-electron chi connectivity index (χ1n) is 10.6. The second-order valence-electron chi connectivity index (χ2n) is 8.08. The van der Waals surface area contributed by atoms with Gasteiger partial charge in [-0.05, 0) is 51.3 Å². The fourth-order valence-electron chi connectivity index (χ4n) is 3.67. The number of benzene rings is 1. The number of ether oxygens (including phenoxy) is 1. The first kappa shape index (κ1) is 22.5. The van der Waals surface area contributed by atoms with Crippen molar-refractivity contribution in [3.63, 3.8) is 0 Å². The van der Waals surface area contributed by atoms with Gasteiger partial charge in [-0.2, -0.15) is 0 Å². The number of aromatic nitrogens is 1. The second-order valence-corrected chi connectivity index (χ2v) is 8.08. The Balaban J connectivity index is 1.52. The number of rotatable bonds is 7. The van der Waals surface area contributed by atoms with Gasteiger partial charge in [-0.1, -0.05) is 18.6 Å². The average Bonchev–Trinajstić information content (AvgIpc) is 2.73. The SMILES string of the molecule is CC(C)NC(=O)C1CCCC(NC(=O)NCc2cccnc2Oc2cccc(F)c2)C1. The van der Waals surface area contributed by atoms with Gasteiger partial charge in [0.1, 0.15) is 11.6 Å². The van der Waals surface area contributed by atoms with Crippen LogP contribution in [0.4, 0.5) is 9.18 Å². The number of amides is 3. The average molecular weight is 429 g/mol. The van der Waals surface area contributed by atoms with Crippen molar-refractivity contribution in [2.75, 3.05) is 0 Å². The number of nitrogens with zero attached hydrogens (tertiary/aromatic N) is 1. The van der Waals surface area contributed by atoms with Crippen molar-refractivity contribution in [1.82, 2.24) is 20.9 Å². The zero-order valence-corrected chi connectivity index (χ0v) is 17.9. The van der Waals surface area contributed by atoms with Gasteiger partial charge in [0, 0.05) is 42.4 Å². The lowest BCUT2D eigenvalue weighted by Crippen LogP contribution is -2.46. The van der Waals surface area contributed by atoms with Crippen molar-refractivity contribution in [3.05, 3.63) is 54.0 Å². The Kier molecular flexibility index (Phi) is 7.81. The molecule has 8 heteroatoms. The van der Waals surface area contributed by atoms with Crippen molar-refractivity contribution in [2.45, 2.75) is 58.2 Å². The minimum absolute atomic E-state index is 0.0476.